The molecule has 0 saturated carbocycles. The summed E-state index contributed by atoms with van der Waals surface area (Å²) < 4.78 is 0. The van der Waals surface area contributed by atoms with Gasteiger partial charge in [0.1, 0.15) is 0 Å². The molecule has 158 valence electrons. The molecule has 2 aliphatic rings. The number of carbonyl (C=O) groups is 2. The van der Waals surface area contributed by atoms with Gasteiger partial charge in [-0.1, -0.05) is 37.3 Å². The Morgan fingerprint density at radius 2 is 1.90 bits per heavy atom. The zero-order valence-electron chi connectivity index (χ0n) is 17.5. The number of rotatable bonds is 7. The lowest BCUT2D eigenvalue weighted by Crippen LogP contribution is -2.68. The van der Waals surface area contributed by atoms with Gasteiger partial charge in [0.25, 0.3) is 0 Å². The van der Waals surface area contributed by atoms with E-state index < -0.39 is 0 Å². The van der Waals surface area contributed by atoms with E-state index in [9.17, 15) is 14.7 Å². The Morgan fingerprint density at radius 3 is 2.48 bits per heavy atom. The fraction of sp³-hybridized carbons (Fsp3) is 0.565. The first-order valence-electron chi connectivity index (χ1n) is 10.8. The maximum absolute atomic E-state index is 12.1. The molecule has 3 amide bonds. The highest BCUT2D eigenvalue weighted by molar-refractivity contribution is 5.77. The van der Waals surface area contributed by atoms with E-state index in [4.69, 9.17) is 0 Å². The normalized spacial score (nSPS) is 23.8. The Bertz CT molecular complexity index is 744. The minimum atomic E-state index is -0.252. The molecule has 3 N–H and O–H groups in total. The van der Waals surface area contributed by atoms with Gasteiger partial charge < -0.3 is 20.6 Å². The van der Waals surface area contributed by atoms with Crippen LogP contribution in [0.1, 0.15) is 63.0 Å². The quantitative estimate of drug-likeness (QED) is 0.659. The number of benzene rings is 1. The topological polar surface area (TPSA) is 81.7 Å². The highest BCUT2D eigenvalue weighted by Crippen LogP contribution is 2.41. The lowest BCUT2D eigenvalue weighted by molar-refractivity contribution is -0.147. The molecule has 0 bridgehead atoms. The number of urea groups is 1. The van der Waals surface area contributed by atoms with Gasteiger partial charge in [-0.25, -0.2) is 4.79 Å². The van der Waals surface area contributed by atoms with Crippen molar-refractivity contribution in [3.8, 4) is 0 Å². The molecule has 1 aromatic rings. The number of carbonyl (C=O) groups excluding carboxylic acids is 2. The summed E-state index contributed by atoms with van der Waals surface area (Å²) in [6.45, 7) is 4.41. The molecule has 0 radical (unpaired) electrons. The van der Waals surface area contributed by atoms with Crippen LogP contribution >= 0.6 is 0 Å². The van der Waals surface area contributed by atoms with E-state index in [2.05, 4.69) is 41.0 Å². The number of nitrogens with zero attached hydrogens (tertiary/aromatic N) is 1. The molecule has 29 heavy (non-hydrogen) atoms. The molecule has 0 unspecified atom stereocenters. The van der Waals surface area contributed by atoms with Crippen molar-refractivity contribution in [3.05, 3.63) is 41.5 Å². The zero-order chi connectivity index (χ0) is 20.8. The van der Waals surface area contributed by atoms with Crippen molar-refractivity contribution in [1.82, 2.24) is 15.5 Å². The van der Waals surface area contributed by atoms with E-state index in [0.717, 1.165) is 24.8 Å². The molecule has 1 saturated heterocycles. The van der Waals surface area contributed by atoms with E-state index in [-0.39, 0.29) is 36.5 Å². The average molecular weight is 400 g/mol. The second kappa shape index (κ2) is 9.92. The standard InChI is InChI=1S/C23H33N3O3/c1-3-13-24-23(29)25-14-20-22(21(15-27)26(20)16(2)28)19-11-9-18(10-12-19)17-7-5-4-6-8-17/h7,9-12,20-22,27H,3-6,8,13-15H2,1-2H3,(H2,24,25,29)/t20-,21+,22+/m1/s1. The third-order valence-electron chi connectivity index (χ3n) is 6.06. The second-order valence-electron chi connectivity index (χ2n) is 8.00. The lowest BCUT2D eigenvalue weighted by atomic mass is 9.74. The Kier molecular flexibility index (Phi) is 7.31. The minimum absolute atomic E-state index is 0.00441. The number of likely N-dealkylation sites (tertiary alicyclic amines) is 1. The first-order chi connectivity index (χ1) is 14.1. The van der Waals surface area contributed by atoms with Crippen molar-refractivity contribution >= 4 is 17.5 Å². The molecule has 0 spiro atoms. The van der Waals surface area contributed by atoms with Crippen LogP contribution in [-0.4, -0.2) is 53.7 Å². The monoisotopic (exact) mass is 399 g/mol. The summed E-state index contributed by atoms with van der Waals surface area (Å²) in [5, 5.41) is 15.6. The Balaban J connectivity index is 1.74. The Labute approximate surface area is 173 Å². The van der Waals surface area contributed by atoms with Crippen molar-refractivity contribution in [1.29, 1.82) is 0 Å². The maximum atomic E-state index is 12.1. The van der Waals surface area contributed by atoms with Crippen LogP contribution in [0.15, 0.2) is 30.3 Å². The zero-order valence-corrected chi connectivity index (χ0v) is 17.5. The number of hydrogen-bond acceptors (Lipinski definition) is 3. The number of amides is 3. The molecule has 6 nitrogen and oxygen atoms in total. The SMILES string of the molecule is CCCNC(=O)NC[C@@H]1[C@H](c2ccc(C3=CCCCC3)cc2)[C@H](CO)N1C(C)=O. The molecular weight excluding hydrogens is 366 g/mol. The van der Waals surface area contributed by atoms with Gasteiger partial charge in [-0.05, 0) is 48.8 Å². The van der Waals surface area contributed by atoms with Gasteiger partial charge in [0.05, 0.1) is 18.7 Å². The molecule has 1 aromatic carbocycles. The highest BCUT2D eigenvalue weighted by atomic mass is 16.3. The van der Waals surface area contributed by atoms with Gasteiger partial charge in [-0.3, -0.25) is 4.79 Å². The van der Waals surface area contributed by atoms with Crippen LogP contribution in [0.2, 0.25) is 0 Å². The Hall–Kier alpha value is -2.34. The van der Waals surface area contributed by atoms with Crippen molar-refractivity contribution in [3.63, 3.8) is 0 Å². The van der Waals surface area contributed by atoms with E-state index in [1.807, 2.05) is 6.92 Å². The largest absolute Gasteiger partial charge is 0.394 e. The third kappa shape index (κ3) is 4.81. The van der Waals surface area contributed by atoms with Gasteiger partial charge in [0.15, 0.2) is 0 Å². The van der Waals surface area contributed by atoms with Gasteiger partial charge in [0.2, 0.25) is 5.91 Å². The van der Waals surface area contributed by atoms with E-state index in [1.165, 1.54) is 30.9 Å². The second-order valence-corrected chi connectivity index (χ2v) is 8.00. The minimum Gasteiger partial charge on any atom is -0.394 e. The fourth-order valence-electron chi connectivity index (χ4n) is 4.60. The number of aliphatic hydroxyl groups is 1. The average Bonchev–Trinajstić information content (AvgIpc) is 2.72. The predicted octanol–water partition coefficient (Wildman–Crippen LogP) is 3.03. The molecule has 1 aliphatic heterocycles. The molecule has 3 atom stereocenters. The summed E-state index contributed by atoms with van der Waals surface area (Å²) in [5.74, 6) is -0.0743. The van der Waals surface area contributed by atoms with Gasteiger partial charge in [0, 0.05) is 25.9 Å². The van der Waals surface area contributed by atoms with Crippen molar-refractivity contribution < 1.29 is 14.7 Å². The van der Waals surface area contributed by atoms with Crippen LogP contribution in [0.5, 0.6) is 0 Å². The van der Waals surface area contributed by atoms with Gasteiger partial charge in [-0.2, -0.15) is 0 Å². The predicted molar refractivity (Wildman–Crippen MR) is 115 cm³/mol. The van der Waals surface area contributed by atoms with Crippen LogP contribution in [0, 0.1) is 0 Å². The number of aliphatic hydroxyl groups excluding tert-OH is 1. The molecule has 1 heterocycles. The first kappa shape index (κ1) is 21.4. The molecule has 0 aromatic heterocycles. The number of hydrogen-bond donors (Lipinski definition) is 3. The summed E-state index contributed by atoms with van der Waals surface area (Å²) in [7, 11) is 0. The van der Waals surface area contributed by atoms with E-state index >= 15 is 0 Å². The summed E-state index contributed by atoms with van der Waals surface area (Å²) in [4.78, 5) is 25.8. The number of allylic oxidation sites excluding steroid dienone is 2. The summed E-state index contributed by atoms with van der Waals surface area (Å²) >= 11 is 0. The molecule has 3 rings (SSSR count). The molecule has 1 fully saturated rings. The lowest BCUT2D eigenvalue weighted by Gasteiger charge is -2.54. The highest BCUT2D eigenvalue weighted by Gasteiger charge is 2.49. The summed E-state index contributed by atoms with van der Waals surface area (Å²) in [6, 6.07) is 7.89. The molecular formula is C23H33N3O3. The maximum Gasteiger partial charge on any atom is 0.314 e. The number of nitrogens with one attached hydrogen (secondary N) is 2. The van der Waals surface area contributed by atoms with Crippen molar-refractivity contribution in [2.45, 2.75) is 64.0 Å². The smallest absolute Gasteiger partial charge is 0.314 e. The Morgan fingerprint density at radius 1 is 1.14 bits per heavy atom. The van der Waals surface area contributed by atoms with Crippen LogP contribution in [-0.2, 0) is 4.79 Å². The summed E-state index contributed by atoms with van der Waals surface area (Å²) in [6.07, 6.45) is 7.98. The fourth-order valence-corrected chi connectivity index (χ4v) is 4.60. The van der Waals surface area contributed by atoms with Crippen molar-refractivity contribution in [2.24, 2.45) is 0 Å². The first-order valence-corrected chi connectivity index (χ1v) is 10.8. The van der Waals surface area contributed by atoms with Crippen LogP contribution in [0.3, 0.4) is 0 Å². The van der Waals surface area contributed by atoms with E-state index in [0.29, 0.717) is 13.1 Å². The third-order valence-corrected chi connectivity index (χ3v) is 6.06. The van der Waals surface area contributed by atoms with Gasteiger partial charge in [-0.15, -0.1) is 0 Å². The van der Waals surface area contributed by atoms with E-state index in [1.54, 1.807) is 4.90 Å². The molecule has 1 aliphatic carbocycles. The van der Waals surface area contributed by atoms with Gasteiger partial charge >= 0.3 is 6.03 Å². The van der Waals surface area contributed by atoms with Crippen LogP contribution in [0.25, 0.3) is 5.57 Å². The van der Waals surface area contributed by atoms with Crippen LogP contribution < -0.4 is 10.6 Å². The molecule has 6 heteroatoms. The summed E-state index contributed by atoms with van der Waals surface area (Å²) in [5.41, 5.74) is 3.76. The van der Waals surface area contributed by atoms with Crippen molar-refractivity contribution in [2.75, 3.05) is 19.7 Å². The van der Waals surface area contributed by atoms with Crippen LogP contribution in [0.4, 0.5) is 4.79 Å².